The SMILES string of the molecule is CS(=O)(=O)Nc1nc(N)c(CCO)s1. The number of sulfonamides is 1. The summed E-state index contributed by atoms with van der Waals surface area (Å²) in [5, 5.41) is 8.90. The maximum Gasteiger partial charge on any atom is 0.231 e. The molecule has 0 amide bonds. The van der Waals surface area contributed by atoms with Gasteiger partial charge in [-0.1, -0.05) is 11.3 Å². The number of rotatable bonds is 4. The molecule has 1 aromatic heterocycles. The van der Waals surface area contributed by atoms with Gasteiger partial charge in [0.25, 0.3) is 0 Å². The van der Waals surface area contributed by atoms with E-state index in [1.807, 2.05) is 0 Å². The van der Waals surface area contributed by atoms with E-state index in [1.54, 1.807) is 0 Å². The highest BCUT2D eigenvalue weighted by atomic mass is 32.2. The highest BCUT2D eigenvalue weighted by Crippen LogP contribution is 2.25. The molecule has 0 aliphatic carbocycles. The Morgan fingerprint density at radius 2 is 2.29 bits per heavy atom. The summed E-state index contributed by atoms with van der Waals surface area (Å²) >= 11 is 1.12. The lowest BCUT2D eigenvalue weighted by molar-refractivity contribution is 0.301. The Kier molecular flexibility index (Phi) is 3.29. The van der Waals surface area contributed by atoms with Crippen LogP contribution in [0.5, 0.6) is 0 Å². The molecule has 0 aliphatic heterocycles. The average molecular weight is 237 g/mol. The minimum atomic E-state index is -3.32. The van der Waals surface area contributed by atoms with Gasteiger partial charge in [-0.15, -0.1) is 0 Å². The van der Waals surface area contributed by atoms with Crippen molar-refractivity contribution in [2.75, 3.05) is 23.3 Å². The number of thiazole rings is 1. The zero-order valence-electron chi connectivity index (χ0n) is 7.52. The van der Waals surface area contributed by atoms with Gasteiger partial charge in [-0.25, -0.2) is 13.4 Å². The topological polar surface area (TPSA) is 105 Å². The summed E-state index contributed by atoms with van der Waals surface area (Å²) in [6.45, 7) is -0.0370. The molecule has 0 aromatic carbocycles. The molecular weight excluding hydrogens is 226 g/mol. The van der Waals surface area contributed by atoms with Gasteiger partial charge in [0, 0.05) is 13.0 Å². The fourth-order valence-electron chi connectivity index (χ4n) is 0.846. The van der Waals surface area contributed by atoms with Gasteiger partial charge < -0.3 is 10.8 Å². The number of nitrogens with one attached hydrogen (secondary N) is 1. The first-order valence-electron chi connectivity index (χ1n) is 3.76. The van der Waals surface area contributed by atoms with Crippen LogP contribution in [0.4, 0.5) is 10.9 Å². The quantitative estimate of drug-likeness (QED) is 0.662. The van der Waals surface area contributed by atoms with Gasteiger partial charge in [-0.3, -0.25) is 4.72 Å². The summed E-state index contributed by atoms with van der Waals surface area (Å²) in [5.74, 6) is 0.259. The fourth-order valence-corrected chi connectivity index (χ4v) is 2.55. The zero-order chi connectivity index (χ0) is 10.8. The van der Waals surface area contributed by atoms with E-state index in [4.69, 9.17) is 10.8 Å². The lowest BCUT2D eigenvalue weighted by Gasteiger charge is -1.95. The van der Waals surface area contributed by atoms with E-state index in [1.165, 1.54) is 0 Å². The maximum atomic E-state index is 10.8. The number of aliphatic hydroxyl groups excluding tert-OH is 1. The van der Waals surface area contributed by atoms with Crippen LogP contribution in [-0.4, -0.2) is 31.4 Å². The van der Waals surface area contributed by atoms with Crippen molar-refractivity contribution >= 4 is 32.3 Å². The van der Waals surface area contributed by atoms with Crippen molar-refractivity contribution in [3.05, 3.63) is 4.88 Å². The van der Waals surface area contributed by atoms with Gasteiger partial charge >= 0.3 is 0 Å². The molecule has 1 rings (SSSR count). The van der Waals surface area contributed by atoms with E-state index < -0.39 is 10.0 Å². The smallest absolute Gasteiger partial charge is 0.231 e. The van der Waals surface area contributed by atoms with Crippen LogP contribution in [0.15, 0.2) is 0 Å². The van der Waals surface area contributed by atoms with E-state index in [0.717, 1.165) is 17.6 Å². The first kappa shape index (κ1) is 11.2. The average Bonchev–Trinajstić information content (AvgIpc) is 2.28. The summed E-state index contributed by atoms with van der Waals surface area (Å²) in [5.41, 5.74) is 5.50. The van der Waals surface area contributed by atoms with Crippen molar-refractivity contribution in [3.8, 4) is 0 Å². The Balaban J connectivity index is 2.86. The molecule has 14 heavy (non-hydrogen) atoms. The molecule has 1 heterocycles. The minimum absolute atomic E-state index is 0.0370. The molecule has 0 saturated heterocycles. The van der Waals surface area contributed by atoms with Crippen molar-refractivity contribution in [2.24, 2.45) is 0 Å². The van der Waals surface area contributed by atoms with Gasteiger partial charge in [0.15, 0.2) is 5.13 Å². The second kappa shape index (κ2) is 4.11. The van der Waals surface area contributed by atoms with Crippen LogP contribution in [0.25, 0.3) is 0 Å². The molecule has 8 heteroatoms. The number of nitrogens with zero attached hydrogens (tertiary/aromatic N) is 1. The summed E-state index contributed by atoms with van der Waals surface area (Å²) in [6.07, 6.45) is 1.42. The van der Waals surface area contributed by atoms with Crippen LogP contribution in [-0.2, 0) is 16.4 Å². The molecule has 0 unspecified atom stereocenters. The van der Waals surface area contributed by atoms with Gasteiger partial charge in [-0.2, -0.15) is 0 Å². The lowest BCUT2D eigenvalue weighted by Crippen LogP contribution is -2.09. The Hall–Kier alpha value is -0.860. The highest BCUT2D eigenvalue weighted by molar-refractivity contribution is 7.92. The van der Waals surface area contributed by atoms with Gasteiger partial charge in [0.2, 0.25) is 10.0 Å². The van der Waals surface area contributed by atoms with E-state index in [-0.39, 0.29) is 17.6 Å². The molecule has 0 saturated carbocycles. The molecule has 0 atom stereocenters. The summed E-state index contributed by atoms with van der Waals surface area (Å²) < 4.78 is 23.9. The van der Waals surface area contributed by atoms with E-state index >= 15 is 0 Å². The van der Waals surface area contributed by atoms with Crippen LogP contribution in [0, 0.1) is 0 Å². The molecule has 0 aliphatic rings. The van der Waals surface area contributed by atoms with Crippen molar-refractivity contribution in [1.82, 2.24) is 4.98 Å². The predicted octanol–water partition coefficient (Wildman–Crippen LogP) is -0.368. The molecule has 0 fully saturated rings. The monoisotopic (exact) mass is 237 g/mol. The molecule has 0 radical (unpaired) electrons. The number of hydrogen-bond acceptors (Lipinski definition) is 6. The van der Waals surface area contributed by atoms with E-state index in [9.17, 15) is 8.42 Å². The minimum Gasteiger partial charge on any atom is -0.396 e. The second-order valence-electron chi connectivity index (χ2n) is 2.68. The third-order valence-electron chi connectivity index (χ3n) is 1.34. The third-order valence-corrected chi connectivity index (χ3v) is 3.08. The van der Waals surface area contributed by atoms with Gasteiger partial charge in [0.1, 0.15) is 5.82 Å². The van der Waals surface area contributed by atoms with Crippen molar-refractivity contribution in [2.45, 2.75) is 6.42 Å². The second-order valence-corrected chi connectivity index (χ2v) is 5.51. The molecule has 80 valence electrons. The first-order chi connectivity index (χ1) is 6.42. The Morgan fingerprint density at radius 1 is 1.64 bits per heavy atom. The molecule has 0 bridgehead atoms. The van der Waals surface area contributed by atoms with Gasteiger partial charge in [-0.05, 0) is 0 Å². The predicted molar refractivity (Wildman–Crippen MR) is 55.8 cm³/mol. The number of hydrogen-bond donors (Lipinski definition) is 3. The number of aliphatic hydroxyl groups is 1. The standard InChI is InChI=1S/C6H11N3O3S2/c1-14(11,12)9-6-8-5(7)4(13-6)2-3-10/h10H,2-3,7H2,1H3,(H,8,9). The summed E-state index contributed by atoms with van der Waals surface area (Å²) in [4.78, 5) is 4.49. The highest BCUT2D eigenvalue weighted by Gasteiger charge is 2.10. The molecule has 6 nitrogen and oxygen atoms in total. The van der Waals surface area contributed by atoms with E-state index in [2.05, 4.69) is 9.71 Å². The number of nitrogens with two attached hydrogens (primary N) is 1. The fraction of sp³-hybridized carbons (Fsp3) is 0.500. The normalized spacial score (nSPS) is 11.6. The summed E-state index contributed by atoms with van der Waals surface area (Å²) in [6, 6.07) is 0. The zero-order valence-corrected chi connectivity index (χ0v) is 9.15. The summed E-state index contributed by atoms with van der Waals surface area (Å²) in [7, 11) is -3.32. The number of nitrogen functional groups attached to an aromatic ring is 1. The molecule has 0 spiro atoms. The van der Waals surface area contributed by atoms with Crippen LogP contribution in [0.1, 0.15) is 4.88 Å². The molecular formula is C6H11N3O3S2. The van der Waals surface area contributed by atoms with Crippen LogP contribution >= 0.6 is 11.3 Å². The number of anilines is 2. The first-order valence-corrected chi connectivity index (χ1v) is 6.47. The maximum absolute atomic E-state index is 10.8. The largest absolute Gasteiger partial charge is 0.396 e. The van der Waals surface area contributed by atoms with Gasteiger partial charge in [0.05, 0.1) is 11.1 Å². The lowest BCUT2D eigenvalue weighted by atomic mass is 10.4. The van der Waals surface area contributed by atoms with Crippen molar-refractivity contribution < 1.29 is 13.5 Å². The molecule has 4 N–H and O–H groups in total. The Morgan fingerprint density at radius 3 is 2.79 bits per heavy atom. The van der Waals surface area contributed by atoms with Crippen LogP contribution in [0.3, 0.4) is 0 Å². The van der Waals surface area contributed by atoms with Crippen molar-refractivity contribution in [1.29, 1.82) is 0 Å². The Bertz CT molecular complexity index is 412. The number of aromatic nitrogens is 1. The van der Waals surface area contributed by atoms with Crippen molar-refractivity contribution in [3.63, 3.8) is 0 Å². The van der Waals surface area contributed by atoms with Crippen LogP contribution in [0.2, 0.25) is 0 Å². The Labute approximate surface area is 85.8 Å². The van der Waals surface area contributed by atoms with Crippen LogP contribution < -0.4 is 10.5 Å². The molecule has 1 aromatic rings. The third kappa shape index (κ3) is 3.13. The van der Waals surface area contributed by atoms with E-state index in [0.29, 0.717) is 11.3 Å².